The highest BCUT2D eigenvalue weighted by Gasteiger charge is 2.66. The smallest absolute Gasteiger partial charge is 0.382 e. The second kappa shape index (κ2) is 7.86. The number of alkyl halides is 4. The predicted octanol–water partition coefficient (Wildman–Crippen LogP) is 3.22. The Kier molecular flexibility index (Phi) is 5.02. The second-order valence-electron chi connectivity index (χ2n) is 10.0. The van der Waals surface area contributed by atoms with Crippen molar-refractivity contribution in [1.82, 2.24) is 24.8 Å². The minimum atomic E-state index is -4.79. The standard InChI is InChI=1S/C24H21F5N6O2/c25-13-4-11(18-6-14(24(27,28)29)19-20(30)31-10-32-35(18)19)3-12(5-13)21(36)33-17-9-34(8-16(17)26)22(37)15-7-23(15)1-2-23/h3-6,10,15-17H,1-2,7-9H2,(H,33,36)(H2,30,31,32)/t15?,16-,17+/m0/s1. The first-order valence-corrected chi connectivity index (χ1v) is 11.7. The van der Waals surface area contributed by atoms with Gasteiger partial charge in [0, 0.05) is 23.6 Å². The largest absolute Gasteiger partial charge is 0.418 e. The van der Waals surface area contributed by atoms with Crippen LogP contribution < -0.4 is 11.1 Å². The number of rotatable bonds is 4. The fourth-order valence-corrected chi connectivity index (χ4v) is 5.32. The average Bonchev–Trinajstić information content (AvgIpc) is 3.68. The molecule has 2 amide bonds. The zero-order valence-electron chi connectivity index (χ0n) is 19.2. The van der Waals surface area contributed by atoms with Gasteiger partial charge in [0.2, 0.25) is 5.91 Å². The first-order chi connectivity index (χ1) is 17.5. The molecule has 3 atom stereocenters. The van der Waals surface area contributed by atoms with E-state index in [1.54, 1.807) is 0 Å². The molecule has 37 heavy (non-hydrogen) atoms. The summed E-state index contributed by atoms with van der Waals surface area (Å²) in [6.45, 7) is -0.142. The highest BCUT2D eigenvalue weighted by molar-refractivity contribution is 5.96. The van der Waals surface area contributed by atoms with Crippen LogP contribution in [0.4, 0.5) is 27.8 Å². The molecule has 1 aliphatic heterocycles. The molecular formula is C24H21F5N6O2. The number of nitrogen functional groups attached to an aromatic ring is 1. The highest BCUT2D eigenvalue weighted by atomic mass is 19.4. The minimum absolute atomic E-state index is 0.00499. The van der Waals surface area contributed by atoms with Crippen LogP contribution in [0.2, 0.25) is 0 Å². The van der Waals surface area contributed by atoms with Crippen molar-refractivity contribution in [3.63, 3.8) is 0 Å². The van der Waals surface area contributed by atoms with Crippen LogP contribution in [0, 0.1) is 17.2 Å². The molecule has 2 aromatic heterocycles. The molecule has 3 aliphatic rings. The van der Waals surface area contributed by atoms with E-state index < -0.39 is 47.0 Å². The minimum Gasteiger partial charge on any atom is -0.382 e. The van der Waals surface area contributed by atoms with Crippen LogP contribution >= 0.6 is 0 Å². The third-order valence-corrected chi connectivity index (χ3v) is 7.60. The Balaban J connectivity index is 1.26. The molecule has 3 aromatic rings. The van der Waals surface area contributed by atoms with Crippen molar-refractivity contribution in [3.8, 4) is 11.3 Å². The van der Waals surface area contributed by atoms with E-state index in [9.17, 15) is 31.5 Å². The maximum absolute atomic E-state index is 14.7. The van der Waals surface area contributed by atoms with E-state index in [4.69, 9.17) is 5.73 Å². The van der Waals surface area contributed by atoms with E-state index in [1.807, 2.05) is 0 Å². The molecule has 3 fully saturated rings. The summed E-state index contributed by atoms with van der Waals surface area (Å²) in [4.78, 5) is 30.6. The van der Waals surface area contributed by atoms with Gasteiger partial charge in [-0.15, -0.1) is 0 Å². The number of likely N-dealkylation sites (tertiary alicyclic amines) is 1. The van der Waals surface area contributed by atoms with Crippen LogP contribution in [0.3, 0.4) is 0 Å². The fraction of sp³-hybridized carbons (Fsp3) is 0.417. The van der Waals surface area contributed by atoms with Crippen molar-refractivity contribution >= 4 is 23.1 Å². The van der Waals surface area contributed by atoms with E-state index in [2.05, 4.69) is 15.4 Å². The molecule has 1 saturated heterocycles. The molecule has 8 nitrogen and oxygen atoms in total. The third kappa shape index (κ3) is 3.96. The van der Waals surface area contributed by atoms with E-state index >= 15 is 0 Å². The number of nitrogens with two attached hydrogens (primary N) is 1. The molecule has 3 heterocycles. The van der Waals surface area contributed by atoms with Gasteiger partial charge in [0.05, 0.1) is 23.8 Å². The molecule has 1 unspecified atom stereocenters. The van der Waals surface area contributed by atoms with Gasteiger partial charge in [-0.25, -0.2) is 18.3 Å². The lowest BCUT2D eigenvalue weighted by Gasteiger charge is -2.17. The first kappa shape index (κ1) is 23.6. The number of carbonyl (C=O) groups is 2. The maximum Gasteiger partial charge on any atom is 0.418 e. The Morgan fingerprint density at radius 2 is 1.89 bits per heavy atom. The summed E-state index contributed by atoms with van der Waals surface area (Å²) in [5, 5.41) is 6.32. The van der Waals surface area contributed by atoms with Crippen molar-refractivity contribution in [2.24, 2.45) is 11.3 Å². The number of hydrogen-bond acceptors (Lipinski definition) is 5. The predicted molar refractivity (Wildman–Crippen MR) is 120 cm³/mol. The zero-order valence-corrected chi connectivity index (χ0v) is 19.2. The molecule has 1 spiro atoms. The first-order valence-electron chi connectivity index (χ1n) is 11.7. The highest BCUT2D eigenvalue weighted by Crippen LogP contribution is 2.71. The van der Waals surface area contributed by atoms with Gasteiger partial charge in [0.1, 0.15) is 23.8 Å². The van der Waals surface area contributed by atoms with Crippen molar-refractivity contribution in [1.29, 1.82) is 0 Å². The molecule has 2 aliphatic carbocycles. The summed E-state index contributed by atoms with van der Waals surface area (Å²) in [5.74, 6) is -2.31. The molecule has 1 aromatic carbocycles. The Bertz CT molecular complexity index is 1450. The number of amides is 2. The molecule has 194 valence electrons. The second-order valence-corrected chi connectivity index (χ2v) is 10.0. The number of hydrogen-bond donors (Lipinski definition) is 2. The quantitative estimate of drug-likeness (QED) is 0.514. The summed E-state index contributed by atoms with van der Waals surface area (Å²) in [6, 6.07) is 2.79. The zero-order chi connectivity index (χ0) is 26.3. The average molecular weight is 520 g/mol. The van der Waals surface area contributed by atoms with Gasteiger partial charge in [0.25, 0.3) is 5.91 Å². The molecule has 0 radical (unpaired) electrons. The Hall–Kier alpha value is -3.77. The van der Waals surface area contributed by atoms with Crippen LogP contribution in [0.15, 0.2) is 30.6 Å². The van der Waals surface area contributed by atoms with E-state index in [0.29, 0.717) is 0 Å². The van der Waals surface area contributed by atoms with Gasteiger partial charge < -0.3 is 16.0 Å². The van der Waals surface area contributed by atoms with E-state index in [1.165, 1.54) is 11.0 Å². The van der Waals surface area contributed by atoms with E-state index in [0.717, 1.165) is 48.3 Å². The summed E-state index contributed by atoms with van der Waals surface area (Å²) < 4.78 is 71.0. The summed E-state index contributed by atoms with van der Waals surface area (Å²) in [7, 11) is 0. The van der Waals surface area contributed by atoms with Crippen LogP contribution in [-0.4, -0.2) is 56.6 Å². The maximum atomic E-state index is 14.7. The molecular weight excluding hydrogens is 499 g/mol. The van der Waals surface area contributed by atoms with Crippen molar-refractivity contribution in [2.45, 2.75) is 37.7 Å². The molecule has 2 saturated carbocycles. The van der Waals surface area contributed by atoms with Crippen molar-refractivity contribution in [3.05, 3.63) is 47.5 Å². The third-order valence-electron chi connectivity index (χ3n) is 7.60. The molecule has 0 bridgehead atoms. The number of nitrogens with one attached hydrogen (secondary N) is 1. The lowest BCUT2D eigenvalue weighted by atomic mass is 10.1. The lowest BCUT2D eigenvalue weighted by Crippen LogP contribution is -2.42. The fourth-order valence-electron chi connectivity index (χ4n) is 5.32. The van der Waals surface area contributed by atoms with Gasteiger partial charge in [-0.1, -0.05) is 0 Å². The van der Waals surface area contributed by atoms with E-state index in [-0.39, 0.29) is 47.2 Å². The van der Waals surface area contributed by atoms with Crippen LogP contribution in [0.25, 0.3) is 16.8 Å². The van der Waals surface area contributed by atoms with Gasteiger partial charge in [0.15, 0.2) is 5.82 Å². The van der Waals surface area contributed by atoms with Crippen LogP contribution in [0.5, 0.6) is 0 Å². The monoisotopic (exact) mass is 520 g/mol. The number of fused-ring (bicyclic) bond motifs is 1. The Morgan fingerprint density at radius 3 is 2.57 bits per heavy atom. The van der Waals surface area contributed by atoms with Gasteiger partial charge >= 0.3 is 6.18 Å². The van der Waals surface area contributed by atoms with Gasteiger partial charge in [-0.2, -0.15) is 18.3 Å². The summed E-state index contributed by atoms with van der Waals surface area (Å²) in [6.07, 6.45) is -2.49. The number of benzene rings is 1. The number of carbonyl (C=O) groups excluding carboxylic acids is 2. The molecule has 13 heteroatoms. The summed E-state index contributed by atoms with van der Waals surface area (Å²) in [5.41, 5.74) is 3.70. The van der Waals surface area contributed by atoms with Gasteiger partial charge in [-0.05, 0) is 48.9 Å². The van der Waals surface area contributed by atoms with Crippen LogP contribution in [0.1, 0.15) is 35.2 Å². The number of nitrogens with zero attached hydrogens (tertiary/aromatic N) is 4. The normalized spacial score (nSPS) is 24.0. The topological polar surface area (TPSA) is 106 Å². The Morgan fingerprint density at radius 1 is 1.14 bits per heavy atom. The Labute approximate surface area is 206 Å². The molecule has 3 N–H and O–H groups in total. The SMILES string of the molecule is Nc1ncnn2c(-c3cc(F)cc(C(=O)N[C@@H]4CN(C(=O)C5CC56CC6)C[C@@H]4F)c3)cc(C(F)(F)F)c12. The van der Waals surface area contributed by atoms with Gasteiger partial charge in [-0.3, -0.25) is 9.59 Å². The van der Waals surface area contributed by atoms with Crippen molar-refractivity contribution in [2.75, 3.05) is 18.8 Å². The number of anilines is 1. The number of aromatic nitrogens is 3. The van der Waals surface area contributed by atoms with Crippen LogP contribution in [-0.2, 0) is 11.0 Å². The summed E-state index contributed by atoms with van der Waals surface area (Å²) >= 11 is 0. The lowest BCUT2D eigenvalue weighted by molar-refractivity contribution is -0.136. The molecule has 6 rings (SSSR count). The van der Waals surface area contributed by atoms with Crippen molar-refractivity contribution < 1.29 is 31.5 Å². The number of halogens is 5.